The Morgan fingerprint density at radius 3 is 0.686 bits per heavy atom. The number of aromatic nitrogens is 9. The van der Waals surface area contributed by atoms with Crippen LogP contribution >= 0.6 is 0 Å². The molecule has 0 unspecified atom stereocenters. The average Bonchev–Trinajstić information content (AvgIpc) is 1.51. The van der Waals surface area contributed by atoms with Gasteiger partial charge in [-0.05, 0) is 164 Å². The second kappa shape index (κ2) is 34.7. The molecule has 644 valence electrons. The maximum Gasteiger partial charge on any atom is 0.164 e. The summed E-state index contributed by atoms with van der Waals surface area (Å²) in [5.74, 6) is 5.93. The Bertz CT molecular complexity index is 7820. The van der Waals surface area contributed by atoms with Crippen LogP contribution in [0.15, 0.2) is 491 Å². The first-order chi connectivity index (χ1) is 67.7. The summed E-state index contributed by atoms with van der Waals surface area (Å²) in [6.45, 7) is 4.64. The summed E-state index contributed by atoms with van der Waals surface area (Å²) in [5, 5.41) is 0. The van der Waals surface area contributed by atoms with Crippen LogP contribution in [0.2, 0.25) is 0 Å². The highest BCUT2D eigenvalue weighted by molar-refractivity contribution is 5.98. The molecule has 19 aromatic carbocycles. The third kappa shape index (κ3) is 14.6. The molecule has 26 rings (SSSR count). The minimum absolute atomic E-state index is 0.0388. The first kappa shape index (κ1) is 82.4. The van der Waals surface area contributed by atoms with Crippen LogP contribution in [0.3, 0.4) is 0 Å². The Labute approximate surface area is 796 Å². The van der Waals surface area contributed by atoms with Gasteiger partial charge in [0.05, 0.1) is 10.8 Å². The molecule has 0 saturated heterocycles. The topological polar surface area (TPSA) is 116 Å². The number of benzene rings is 19. The van der Waals surface area contributed by atoms with E-state index in [9.17, 15) is 0 Å². The van der Waals surface area contributed by atoms with Crippen LogP contribution in [0.25, 0.3) is 180 Å². The van der Waals surface area contributed by atoms with Crippen molar-refractivity contribution in [3.63, 3.8) is 0 Å². The van der Waals surface area contributed by atoms with E-state index >= 15 is 0 Å². The Morgan fingerprint density at radius 1 is 0.131 bits per heavy atom. The number of hydrogen-bond acceptors (Lipinski definition) is 9. The normalized spacial score (nSPS) is 12.9. The van der Waals surface area contributed by atoms with Crippen LogP contribution in [0, 0.1) is 0 Å². The molecular weight excluding hydrogens is 1660 g/mol. The first-order valence-corrected chi connectivity index (χ1v) is 46.6. The molecule has 0 amide bonds. The fourth-order valence-corrected chi connectivity index (χ4v) is 21.2. The lowest BCUT2D eigenvalue weighted by Gasteiger charge is -2.33. The monoisotopic (exact) mass is 1750 g/mol. The van der Waals surface area contributed by atoms with Crippen molar-refractivity contribution in [1.29, 1.82) is 0 Å². The minimum Gasteiger partial charge on any atom is -0.208 e. The summed E-state index contributed by atoms with van der Waals surface area (Å²) in [4.78, 5) is 44.5. The molecule has 0 radical (unpaired) electrons. The van der Waals surface area contributed by atoms with Gasteiger partial charge in [0, 0.05) is 55.5 Å². The number of rotatable bonds is 14. The molecule has 22 aromatic rings. The molecule has 0 saturated carbocycles. The maximum atomic E-state index is 4.99. The van der Waals surface area contributed by atoms with Crippen molar-refractivity contribution in [3.05, 3.63) is 547 Å². The highest BCUT2D eigenvalue weighted by atomic mass is 15.1. The molecule has 0 fully saturated rings. The van der Waals surface area contributed by atoms with Crippen LogP contribution in [0.5, 0.6) is 0 Å². The van der Waals surface area contributed by atoms with Gasteiger partial charge in [0.1, 0.15) is 0 Å². The largest absolute Gasteiger partial charge is 0.208 e. The van der Waals surface area contributed by atoms with Crippen LogP contribution in [0.1, 0.15) is 69.5 Å². The molecule has 0 atom stereocenters. The van der Waals surface area contributed by atoms with E-state index in [4.69, 9.17) is 44.9 Å². The molecule has 0 N–H and O–H groups in total. The van der Waals surface area contributed by atoms with Gasteiger partial charge in [-0.3, -0.25) is 0 Å². The quantitative estimate of drug-likeness (QED) is 0.105. The molecule has 137 heavy (non-hydrogen) atoms. The summed E-state index contributed by atoms with van der Waals surface area (Å²) in [6, 6.07) is 173. The van der Waals surface area contributed by atoms with Gasteiger partial charge in [0.25, 0.3) is 0 Å². The highest BCUT2D eigenvalue weighted by Crippen LogP contribution is 2.64. The predicted molar refractivity (Wildman–Crippen MR) is 556 cm³/mol. The van der Waals surface area contributed by atoms with Gasteiger partial charge < -0.3 is 0 Å². The molecule has 4 aliphatic carbocycles. The van der Waals surface area contributed by atoms with E-state index in [1.54, 1.807) is 0 Å². The molecule has 9 nitrogen and oxygen atoms in total. The van der Waals surface area contributed by atoms with Gasteiger partial charge in [0.15, 0.2) is 52.4 Å². The van der Waals surface area contributed by atoms with Gasteiger partial charge in [-0.2, -0.15) is 0 Å². The summed E-state index contributed by atoms with van der Waals surface area (Å²) < 4.78 is 0. The molecular formula is C128H87N9. The number of fused-ring (bicyclic) bond motifs is 16. The molecule has 0 aliphatic heterocycles. The molecule has 3 aromatic heterocycles. The minimum atomic E-state index is -0.415. The van der Waals surface area contributed by atoms with Gasteiger partial charge in [-0.25, -0.2) is 44.9 Å². The second-order valence-corrected chi connectivity index (χ2v) is 35.7. The molecule has 9 heteroatoms. The smallest absolute Gasteiger partial charge is 0.164 e. The van der Waals surface area contributed by atoms with E-state index < -0.39 is 5.41 Å². The van der Waals surface area contributed by atoms with Gasteiger partial charge in [-0.1, -0.05) is 475 Å². The Balaban J connectivity index is 0.000000113. The highest BCUT2D eigenvalue weighted by Gasteiger charge is 2.52. The van der Waals surface area contributed by atoms with Crippen LogP contribution in [0.4, 0.5) is 0 Å². The van der Waals surface area contributed by atoms with Crippen molar-refractivity contribution < 1.29 is 0 Å². The third-order valence-corrected chi connectivity index (χ3v) is 27.5. The molecule has 4 aliphatic rings. The lowest BCUT2D eigenvalue weighted by molar-refractivity contribution is 0.660. The van der Waals surface area contributed by atoms with Gasteiger partial charge in [0.2, 0.25) is 0 Å². The summed E-state index contributed by atoms with van der Waals surface area (Å²) in [5.41, 5.74) is 38.4. The summed E-state index contributed by atoms with van der Waals surface area (Å²) in [6.07, 6.45) is 0. The van der Waals surface area contributed by atoms with Crippen molar-refractivity contribution in [3.8, 4) is 180 Å². The SMILES string of the molecule is CC1(C)c2ccccc2-c2c(-c3cccc(-c4nc(-c5ccccc5)nc(-c5ccccc5)n4)c3)cccc21.c1ccc(-c2nc(-c3ccccc3)nc(-c3cccc(-c4ccc5c(c4)-c4ccccc4C5(c4ccccc4)c4ccccc4)c3)n2)cc1.c1ccc(-c2nc(-c3ccccc3)nc(-c3cccc(-c4ccc5c(c4)-c4ccccc4C54c5ccccc5-c5ccccc54)c3)n2)cc1. The summed E-state index contributed by atoms with van der Waals surface area (Å²) in [7, 11) is 0. The van der Waals surface area contributed by atoms with E-state index in [1.807, 2.05) is 182 Å². The fraction of sp³-hybridized carbons (Fsp3) is 0.0391. The Morgan fingerprint density at radius 2 is 0.343 bits per heavy atom. The van der Waals surface area contributed by atoms with Gasteiger partial charge >= 0.3 is 0 Å². The average molecular weight is 1750 g/mol. The molecule has 0 bridgehead atoms. The van der Waals surface area contributed by atoms with Gasteiger partial charge in [-0.15, -0.1) is 0 Å². The zero-order valence-corrected chi connectivity index (χ0v) is 75.3. The van der Waals surface area contributed by atoms with E-state index in [1.165, 1.54) is 106 Å². The molecule has 1 spiro atoms. The zero-order chi connectivity index (χ0) is 91.4. The van der Waals surface area contributed by atoms with E-state index in [-0.39, 0.29) is 10.8 Å². The summed E-state index contributed by atoms with van der Waals surface area (Å²) >= 11 is 0. The lowest BCUT2D eigenvalue weighted by atomic mass is 9.67. The van der Waals surface area contributed by atoms with E-state index in [0.29, 0.717) is 52.4 Å². The third-order valence-electron chi connectivity index (χ3n) is 27.5. The van der Waals surface area contributed by atoms with Crippen molar-refractivity contribution >= 4 is 0 Å². The number of hydrogen-bond donors (Lipinski definition) is 0. The van der Waals surface area contributed by atoms with Crippen molar-refractivity contribution in [1.82, 2.24) is 44.9 Å². The van der Waals surface area contributed by atoms with E-state index in [0.717, 1.165) is 77.9 Å². The van der Waals surface area contributed by atoms with Crippen LogP contribution in [-0.2, 0) is 16.2 Å². The Hall–Kier alpha value is -17.8. The maximum absolute atomic E-state index is 4.99. The van der Waals surface area contributed by atoms with Crippen molar-refractivity contribution in [2.75, 3.05) is 0 Å². The van der Waals surface area contributed by atoms with Crippen molar-refractivity contribution in [2.45, 2.75) is 30.1 Å². The van der Waals surface area contributed by atoms with Crippen LogP contribution < -0.4 is 0 Å². The first-order valence-electron chi connectivity index (χ1n) is 46.6. The zero-order valence-electron chi connectivity index (χ0n) is 75.3. The standard InChI is InChI=1S/C46H29N3.C46H31N3.C36H27N3/c1-3-14-30(15-4-1)43-47-44(31-16-5-2-6-17-31)49-45(48-43)34-19-13-18-32(28-34)33-26-27-42-38(29-33)37-22-9-12-25-41(37)46(42)39-23-10-7-20-35(39)36-21-8-11-24-40(36)46;1-5-16-32(17-6-1)43-47-44(33-18-7-2-8-19-33)49-45(48-43)36-21-15-20-34(30-36)35-28-29-42-40(31-35)39-26-13-14-27-41(39)46(42,37-22-9-3-10-23-37)38-24-11-4-12-25-38;1-36(2)30-21-10-9-19-29(30)32-28(20-12-22-31(32)36)26-17-11-18-27(23-26)35-38-33(24-13-5-3-6-14-24)37-34(39-35)25-15-7-4-8-16-25/h1-29H;1-31H;3-23H,1-2H3. The molecule has 3 heterocycles. The predicted octanol–water partition coefficient (Wildman–Crippen LogP) is 30.6. The fourth-order valence-electron chi connectivity index (χ4n) is 21.2. The van der Waals surface area contributed by atoms with Crippen molar-refractivity contribution in [2.24, 2.45) is 0 Å². The second-order valence-electron chi connectivity index (χ2n) is 35.7. The number of nitrogens with zero attached hydrogens (tertiary/aromatic N) is 9. The lowest BCUT2D eigenvalue weighted by Crippen LogP contribution is -2.28. The van der Waals surface area contributed by atoms with E-state index in [2.05, 4.69) is 323 Å². The van der Waals surface area contributed by atoms with Crippen LogP contribution in [-0.4, -0.2) is 44.9 Å². The Kier molecular flexibility index (Phi) is 20.9.